The molecule has 134 valence electrons. The number of methoxy groups -OCH3 is 2. The normalized spacial score (nSPS) is 11.9. The third kappa shape index (κ3) is 4.51. The van der Waals surface area contributed by atoms with E-state index in [1.54, 1.807) is 50.6 Å². The van der Waals surface area contributed by atoms with E-state index in [1.807, 2.05) is 19.9 Å². The van der Waals surface area contributed by atoms with E-state index in [0.29, 0.717) is 23.6 Å². The van der Waals surface area contributed by atoms with Gasteiger partial charge in [-0.05, 0) is 43.7 Å². The Balaban J connectivity index is 2.30. The Morgan fingerprint density at radius 1 is 1.04 bits per heavy atom. The summed E-state index contributed by atoms with van der Waals surface area (Å²) in [6, 6.07) is 11.9. The highest BCUT2D eigenvalue weighted by atomic mass is 32.2. The van der Waals surface area contributed by atoms with Gasteiger partial charge in [0.05, 0.1) is 24.8 Å². The monoisotopic (exact) mass is 362 g/mol. The average molecular weight is 362 g/mol. The van der Waals surface area contributed by atoms with E-state index in [-0.39, 0.29) is 4.90 Å². The zero-order chi connectivity index (χ0) is 18.4. The lowest BCUT2D eigenvalue weighted by molar-refractivity contribution is 0.355. The molecule has 0 aliphatic carbocycles. The molecule has 0 saturated carbocycles. The zero-order valence-electron chi connectivity index (χ0n) is 14.7. The van der Waals surface area contributed by atoms with Gasteiger partial charge < -0.3 is 9.47 Å². The van der Waals surface area contributed by atoms with Gasteiger partial charge in [0.25, 0.3) is 10.0 Å². The smallest absolute Gasteiger partial charge is 0.276 e. The summed E-state index contributed by atoms with van der Waals surface area (Å²) in [7, 11) is -0.608. The summed E-state index contributed by atoms with van der Waals surface area (Å²) < 4.78 is 35.2. The van der Waals surface area contributed by atoms with E-state index in [1.165, 1.54) is 0 Å². The number of nitrogens with one attached hydrogen (secondary N) is 1. The third-order valence-electron chi connectivity index (χ3n) is 3.68. The number of nitrogens with zero attached hydrogens (tertiary/aromatic N) is 1. The molecule has 0 aromatic heterocycles. The highest BCUT2D eigenvalue weighted by molar-refractivity contribution is 7.89. The summed E-state index contributed by atoms with van der Waals surface area (Å²) in [5.74, 6) is 1.16. The summed E-state index contributed by atoms with van der Waals surface area (Å²) >= 11 is 0. The summed E-state index contributed by atoms with van der Waals surface area (Å²) in [6.45, 7) is 3.80. The molecular weight excluding hydrogens is 340 g/mol. The molecule has 2 aromatic carbocycles. The molecule has 0 unspecified atom stereocenters. The minimum Gasteiger partial charge on any atom is -0.493 e. The van der Waals surface area contributed by atoms with Crippen LogP contribution < -0.4 is 14.3 Å². The number of sulfonamides is 1. The van der Waals surface area contributed by atoms with Crippen LogP contribution >= 0.6 is 0 Å². The molecule has 0 aliphatic heterocycles. The summed E-state index contributed by atoms with van der Waals surface area (Å²) in [5, 5.41) is 4.10. The van der Waals surface area contributed by atoms with Crippen LogP contribution in [0.4, 0.5) is 0 Å². The highest BCUT2D eigenvalue weighted by Crippen LogP contribution is 2.28. The van der Waals surface area contributed by atoms with Crippen LogP contribution in [-0.2, 0) is 10.0 Å². The van der Waals surface area contributed by atoms with Crippen molar-refractivity contribution in [2.45, 2.75) is 25.2 Å². The van der Waals surface area contributed by atoms with Gasteiger partial charge in [-0.2, -0.15) is 18.4 Å². The maximum atomic E-state index is 12.4. The molecule has 6 nitrogen and oxygen atoms in total. The SMILES string of the molecule is CCC(=NNS(=O)(=O)c1ccc(C)cc1)c1ccc(OC)c(OC)c1. The highest BCUT2D eigenvalue weighted by Gasteiger charge is 2.14. The van der Waals surface area contributed by atoms with Crippen molar-refractivity contribution in [3.63, 3.8) is 0 Å². The van der Waals surface area contributed by atoms with Crippen LogP contribution in [0.25, 0.3) is 0 Å². The topological polar surface area (TPSA) is 77.0 Å². The number of benzene rings is 2. The van der Waals surface area contributed by atoms with Crippen LogP contribution in [0.5, 0.6) is 11.5 Å². The first-order chi connectivity index (χ1) is 11.9. The first kappa shape index (κ1) is 18.8. The molecule has 0 bridgehead atoms. The van der Waals surface area contributed by atoms with Gasteiger partial charge in [-0.3, -0.25) is 0 Å². The molecule has 0 saturated heterocycles. The van der Waals surface area contributed by atoms with Gasteiger partial charge in [-0.1, -0.05) is 24.6 Å². The van der Waals surface area contributed by atoms with Crippen molar-refractivity contribution in [2.24, 2.45) is 5.10 Å². The van der Waals surface area contributed by atoms with Gasteiger partial charge in [0.2, 0.25) is 0 Å². The fraction of sp³-hybridized carbons (Fsp3) is 0.278. The first-order valence-electron chi connectivity index (χ1n) is 7.78. The summed E-state index contributed by atoms with van der Waals surface area (Å²) in [4.78, 5) is 2.47. The molecule has 0 fully saturated rings. The second-order valence-corrected chi connectivity index (χ2v) is 7.05. The Morgan fingerprint density at radius 2 is 1.68 bits per heavy atom. The number of rotatable bonds is 7. The standard InChI is InChI=1S/C18H22N2O4S/c1-5-16(14-8-11-17(23-3)18(12-14)24-4)19-20-25(21,22)15-9-6-13(2)7-10-15/h6-12,20H,5H2,1-4H3. The van der Waals surface area contributed by atoms with Gasteiger partial charge >= 0.3 is 0 Å². The van der Waals surface area contributed by atoms with Crippen LogP contribution in [0.3, 0.4) is 0 Å². The van der Waals surface area contributed by atoms with Crippen molar-refractivity contribution in [3.05, 3.63) is 53.6 Å². The number of hydrazone groups is 1. The fourth-order valence-electron chi connectivity index (χ4n) is 2.25. The van der Waals surface area contributed by atoms with Gasteiger partial charge in [-0.25, -0.2) is 0 Å². The average Bonchev–Trinajstić information content (AvgIpc) is 2.62. The molecule has 0 heterocycles. The lowest BCUT2D eigenvalue weighted by Gasteiger charge is -2.11. The van der Waals surface area contributed by atoms with E-state index in [2.05, 4.69) is 9.93 Å². The maximum absolute atomic E-state index is 12.4. The van der Waals surface area contributed by atoms with Crippen LogP contribution in [-0.4, -0.2) is 28.3 Å². The lowest BCUT2D eigenvalue weighted by Crippen LogP contribution is -2.20. The van der Waals surface area contributed by atoms with Crippen LogP contribution in [0.2, 0.25) is 0 Å². The second kappa shape index (κ2) is 8.02. The molecule has 0 atom stereocenters. The number of ether oxygens (including phenoxy) is 2. The fourth-order valence-corrected chi connectivity index (χ4v) is 3.08. The predicted molar refractivity (Wildman–Crippen MR) is 97.9 cm³/mol. The molecular formula is C18H22N2O4S. The molecule has 2 aromatic rings. The minimum absolute atomic E-state index is 0.171. The van der Waals surface area contributed by atoms with E-state index < -0.39 is 10.0 Å². The van der Waals surface area contributed by atoms with Crippen LogP contribution in [0, 0.1) is 6.92 Å². The Hall–Kier alpha value is -2.54. The number of hydrogen-bond acceptors (Lipinski definition) is 5. The van der Waals surface area contributed by atoms with Crippen molar-refractivity contribution in [3.8, 4) is 11.5 Å². The molecule has 25 heavy (non-hydrogen) atoms. The minimum atomic E-state index is -3.71. The quantitative estimate of drug-likeness (QED) is 0.606. The number of hydrogen-bond donors (Lipinski definition) is 1. The van der Waals surface area contributed by atoms with Crippen molar-refractivity contribution in [2.75, 3.05) is 14.2 Å². The van der Waals surface area contributed by atoms with Crippen molar-refractivity contribution < 1.29 is 17.9 Å². The Morgan fingerprint density at radius 3 is 2.24 bits per heavy atom. The number of aryl methyl sites for hydroxylation is 1. The Labute approximate surface area is 148 Å². The van der Waals surface area contributed by atoms with Crippen LogP contribution in [0.15, 0.2) is 52.5 Å². The maximum Gasteiger partial charge on any atom is 0.276 e. The molecule has 0 aliphatic rings. The molecule has 1 N–H and O–H groups in total. The van der Waals surface area contributed by atoms with Crippen molar-refractivity contribution >= 4 is 15.7 Å². The zero-order valence-corrected chi connectivity index (χ0v) is 15.6. The Kier molecular flexibility index (Phi) is 6.03. The van der Waals surface area contributed by atoms with Gasteiger partial charge in [-0.15, -0.1) is 0 Å². The molecule has 7 heteroatoms. The molecule has 0 radical (unpaired) electrons. The molecule has 0 amide bonds. The molecule has 0 spiro atoms. The van der Waals surface area contributed by atoms with E-state index in [9.17, 15) is 8.42 Å². The first-order valence-corrected chi connectivity index (χ1v) is 9.27. The van der Waals surface area contributed by atoms with Crippen molar-refractivity contribution in [1.82, 2.24) is 4.83 Å². The predicted octanol–water partition coefficient (Wildman–Crippen LogP) is 3.10. The lowest BCUT2D eigenvalue weighted by atomic mass is 10.1. The van der Waals surface area contributed by atoms with Gasteiger partial charge in [0, 0.05) is 5.56 Å². The van der Waals surface area contributed by atoms with Crippen LogP contribution in [0.1, 0.15) is 24.5 Å². The summed E-state index contributed by atoms with van der Waals surface area (Å²) in [6.07, 6.45) is 0.548. The van der Waals surface area contributed by atoms with E-state index >= 15 is 0 Å². The van der Waals surface area contributed by atoms with E-state index in [4.69, 9.17) is 9.47 Å². The third-order valence-corrected chi connectivity index (χ3v) is 4.91. The Bertz CT molecular complexity index is 859. The largest absolute Gasteiger partial charge is 0.493 e. The van der Waals surface area contributed by atoms with Crippen molar-refractivity contribution in [1.29, 1.82) is 0 Å². The van der Waals surface area contributed by atoms with E-state index in [0.717, 1.165) is 11.1 Å². The second-order valence-electron chi connectivity index (χ2n) is 5.39. The van der Waals surface area contributed by atoms with Gasteiger partial charge in [0.15, 0.2) is 11.5 Å². The van der Waals surface area contributed by atoms with Gasteiger partial charge in [0.1, 0.15) is 0 Å². The molecule has 2 rings (SSSR count). The summed E-state index contributed by atoms with van der Waals surface area (Å²) in [5.41, 5.74) is 2.34.